The van der Waals surface area contributed by atoms with Gasteiger partial charge in [0.1, 0.15) is 11.5 Å². The van der Waals surface area contributed by atoms with Gasteiger partial charge in [0, 0.05) is 17.7 Å². The molecule has 3 aromatic rings. The first-order chi connectivity index (χ1) is 15.5. The van der Waals surface area contributed by atoms with E-state index in [1.165, 1.54) is 6.07 Å². The third kappa shape index (κ3) is 4.17. The Bertz CT molecular complexity index is 1130. The topological polar surface area (TPSA) is 78.9 Å². The van der Waals surface area contributed by atoms with Crippen molar-refractivity contribution in [3.63, 3.8) is 0 Å². The number of ether oxygens (including phenoxy) is 1. The van der Waals surface area contributed by atoms with Gasteiger partial charge in [0.15, 0.2) is 0 Å². The van der Waals surface area contributed by atoms with Crippen LogP contribution in [0.2, 0.25) is 0 Å². The van der Waals surface area contributed by atoms with E-state index in [1.54, 1.807) is 30.2 Å². The number of carbonyl (C=O) groups is 2. The summed E-state index contributed by atoms with van der Waals surface area (Å²) < 4.78 is 5.59. The van der Waals surface area contributed by atoms with Gasteiger partial charge >= 0.3 is 0 Å². The normalized spacial score (nSPS) is 18.3. The zero-order valence-electron chi connectivity index (χ0n) is 18.1. The molecule has 0 aromatic heterocycles. The first-order valence-corrected chi connectivity index (χ1v) is 10.6. The van der Waals surface area contributed by atoms with Gasteiger partial charge in [-0.15, -0.1) is 0 Å². The zero-order chi connectivity index (χ0) is 22.7. The molecule has 32 heavy (non-hydrogen) atoms. The number of hydrogen-bond donors (Lipinski definition) is 2. The third-order valence-electron chi connectivity index (χ3n) is 5.87. The molecule has 6 heteroatoms. The number of carbonyl (C=O) groups excluding carboxylic acids is 2. The summed E-state index contributed by atoms with van der Waals surface area (Å²) in [5.74, 6) is -0.227. The number of phenols is 1. The van der Waals surface area contributed by atoms with Gasteiger partial charge in [-0.05, 0) is 43.7 Å². The predicted molar refractivity (Wildman–Crippen MR) is 124 cm³/mol. The highest BCUT2D eigenvalue weighted by molar-refractivity contribution is 6.00. The molecular formula is C26H26N2O4. The smallest absolute Gasteiger partial charge is 0.230 e. The number of anilines is 2. The molecule has 3 aromatic carbocycles. The maximum Gasteiger partial charge on any atom is 0.230 e. The van der Waals surface area contributed by atoms with Crippen molar-refractivity contribution < 1.29 is 19.4 Å². The second-order valence-corrected chi connectivity index (χ2v) is 7.94. The Balaban J connectivity index is 1.79. The highest BCUT2D eigenvalue weighted by Crippen LogP contribution is 2.43. The molecular weight excluding hydrogens is 404 g/mol. The maximum absolute atomic E-state index is 13.4. The number of nitrogens with zero attached hydrogens (tertiary/aromatic N) is 1. The van der Waals surface area contributed by atoms with Crippen LogP contribution in [-0.4, -0.2) is 24.0 Å². The average Bonchev–Trinajstić information content (AvgIpc) is 2.81. The third-order valence-corrected chi connectivity index (χ3v) is 5.87. The fraction of sp³-hybridized carbons (Fsp3) is 0.231. The first kappa shape index (κ1) is 21.4. The summed E-state index contributed by atoms with van der Waals surface area (Å²) in [5.41, 5.74) is 2.92. The summed E-state index contributed by atoms with van der Waals surface area (Å²) in [6.07, 6.45) is 0.641. The van der Waals surface area contributed by atoms with Crippen molar-refractivity contribution in [1.29, 1.82) is 0 Å². The fourth-order valence-electron chi connectivity index (χ4n) is 4.25. The second kappa shape index (κ2) is 9.14. The number of rotatable bonds is 5. The zero-order valence-corrected chi connectivity index (χ0v) is 18.1. The molecule has 1 aliphatic heterocycles. The molecule has 4 rings (SSSR count). The van der Waals surface area contributed by atoms with Gasteiger partial charge in [0.2, 0.25) is 11.8 Å². The number of para-hydroxylation sites is 3. The molecule has 2 unspecified atom stereocenters. The van der Waals surface area contributed by atoms with E-state index in [0.717, 1.165) is 16.8 Å². The standard InChI is InChI=1S/C26H26N2O4/c1-17-11-13-18(14-12-17)28-24(30)16-15-20(25(28)19-7-3-6-10-23(19)32-2)26(31)27-21-8-4-5-9-22(21)29/h3-14,20,25,29H,15-16H2,1-2H3,(H,27,31). The molecule has 2 amide bonds. The van der Waals surface area contributed by atoms with Crippen LogP contribution >= 0.6 is 0 Å². The van der Waals surface area contributed by atoms with Gasteiger partial charge < -0.3 is 20.1 Å². The van der Waals surface area contributed by atoms with E-state index >= 15 is 0 Å². The number of aromatic hydroxyl groups is 1. The van der Waals surface area contributed by atoms with Crippen molar-refractivity contribution >= 4 is 23.2 Å². The van der Waals surface area contributed by atoms with Crippen LogP contribution in [0.5, 0.6) is 11.5 Å². The van der Waals surface area contributed by atoms with Crippen molar-refractivity contribution in [3.05, 3.63) is 83.9 Å². The van der Waals surface area contributed by atoms with Crippen LogP contribution in [0.25, 0.3) is 0 Å². The second-order valence-electron chi connectivity index (χ2n) is 7.94. The minimum Gasteiger partial charge on any atom is -0.506 e. The number of piperidine rings is 1. The summed E-state index contributed by atoms with van der Waals surface area (Å²) in [5, 5.41) is 13.0. The fourth-order valence-corrected chi connectivity index (χ4v) is 4.25. The van der Waals surface area contributed by atoms with Crippen LogP contribution in [0.15, 0.2) is 72.8 Å². The quantitative estimate of drug-likeness (QED) is 0.568. The lowest BCUT2D eigenvalue weighted by Gasteiger charge is -2.41. The number of benzene rings is 3. The molecule has 1 fully saturated rings. The van der Waals surface area contributed by atoms with E-state index < -0.39 is 12.0 Å². The van der Waals surface area contributed by atoms with Crippen LogP contribution in [0.4, 0.5) is 11.4 Å². The van der Waals surface area contributed by atoms with Gasteiger partial charge in [-0.2, -0.15) is 0 Å². The van der Waals surface area contributed by atoms with Crippen molar-refractivity contribution in [2.45, 2.75) is 25.8 Å². The van der Waals surface area contributed by atoms with E-state index in [4.69, 9.17) is 4.74 Å². The molecule has 0 saturated carbocycles. The minimum absolute atomic E-state index is 0.00281. The molecule has 1 saturated heterocycles. The van der Waals surface area contributed by atoms with Crippen LogP contribution in [-0.2, 0) is 9.59 Å². The highest BCUT2D eigenvalue weighted by Gasteiger charge is 2.42. The Morgan fingerprint density at radius 3 is 2.44 bits per heavy atom. The van der Waals surface area contributed by atoms with Crippen molar-refractivity contribution in [2.75, 3.05) is 17.3 Å². The Hall–Kier alpha value is -3.80. The first-order valence-electron chi connectivity index (χ1n) is 10.6. The SMILES string of the molecule is COc1ccccc1C1C(C(=O)Nc2ccccc2O)CCC(=O)N1c1ccc(C)cc1. The lowest BCUT2D eigenvalue weighted by molar-refractivity contribution is -0.126. The number of hydrogen-bond acceptors (Lipinski definition) is 4. The molecule has 164 valence electrons. The van der Waals surface area contributed by atoms with Crippen molar-refractivity contribution in [3.8, 4) is 11.5 Å². The van der Waals surface area contributed by atoms with Crippen molar-refractivity contribution in [2.24, 2.45) is 5.92 Å². The molecule has 1 heterocycles. The maximum atomic E-state index is 13.4. The lowest BCUT2D eigenvalue weighted by Crippen LogP contribution is -2.47. The van der Waals surface area contributed by atoms with Crippen LogP contribution in [0.1, 0.15) is 30.0 Å². The van der Waals surface area contributed by atoms with Crippen LogP contribution < -0.4 is 15.0 Å². The Morgan fingerprint density at radius 1 is 1.03 bits per heavy atom. The number of nitrogens with one attached hydrogen (secondary N) is 1. The van der Waals surface area contributed by atoms with Crippen LogP contribution in [0, 0.1) is 12.8 Å². The van der Waals surface area contributed by atoms with E-state index in [-0.39, 0.29) is 24.0 Å². The number of phenolic OH excluding ortho intramolecular Hbond substituents is 1. The summed E-state index contributed by atoms with van der Waals surface area (Å²) >= 11 is 0. The highest BCUT2D eigenvalue weighted by atomic mass is 16.5. The predicted octanol–water partition coefficient (Wildman–Crippen LogP) is 4.83. The molecule has 6 nitrogen and oxygen atoms in total. The molecule has 0 radical (unpaired) electrons. The lowest BCUT2D eigenvalue weighted by atomic mass is 9.82. The van der Waals surface area contributed by atoms with E-state index in [0.29, 0.717) is 17.9 Å². The summed E-state index contributed by atoms with van der Waals surface area (Å²) in [6, 6.07) is 21.2. The van der Waals surface area contributed by atoms with E-state index in [9.17, 15) is 14.7 Å². The summed E-state index contributed by atoms with van der Waals surface area (Å²) in [4.78, 5) is 28.3. The Labute approximate surface area is 187 Å². The van der Waals surface area contributed by atoms with Gasteiger partial charge in [-0.3, -0.25) is 9.59 Å². The largest absolute Gasteiger partial charge is 0.506 e. The Morgan fingerprint density at radius 2 is 1.72 bits per heavy atom. The van der Waals surface area contributed by atoms with Gasteiger partial charge in [0.25, 0.3) is 0 Å². The van der Waals surface area contributed by atoms with Crippen molar-refractivity contribution in [1.82, 2.24) is 0 Å². The van der Waals surface area contributed by atoms with Gasteiger partial charge in [0.05, 0.1) is 24.8 Å². The molecule has 0 bridgehead atoms. The number of methoxy groups -OCH3 is 1. The summed E-state index contributed by atoms with van der Waals surface area (Å²) in [6.45, 7) is 1.99. The molecule has 0 spiro atoms. The Kier molecular flexibility index (Phi) is 6.12. The molecule has 1 aliphatic rings. The van der Waals surface area contributed by atoms with E-state index in [1.807, 2.05) is 55.5 Å². The van der Waals surface area contributed by atoms with Gasteiger partial charge in [-0.1, -0.05) is 48.0 Å². The van der Waals surface area contributed by atoms with E-state index in [2.05, 4.69) is 5.32 Å². The minimum atomic E-state index is -0.555. The monoisotopic (exact) mass is 430 g/mol. The number of aryl methyl sites for hydroxylation is 1. The molecule has 2 N–H and O–H groups in total. The van der Waals surface area contributed by atoms with Gasteiger partial charge in [-0.25, -0.2) is 0 Å². The van der Waals surface area contributed by atoms with Crippen LogP contribution in [0.3, 0.4) is 0 Å². The molecule has 0 aliphatic carbocycles. The number of amides is 2. The molecule has 2 atom stereocenters. The summed E-state index contributed by atoms with van der Waals surface area (Å²) in [7, 11) is 1.58. The average molecular weight is 431 g/mol.